The van der Waals surface area contributed by atoms with Crippen LogP contribution in [-0.2, 0) is 6.54 Å². The molecule has 0 saturated heterocycles. The van der Waals surface area contributed by atoms with Crippen LogP contribution in [0.25, 0.3) is 10.9 Å². The van der Waals surface area contributed by atoms with Crippen molar-refractivity contribution in [1.82, 2.24) is 4.57 Å². The summed E-state index contributed by atoms with van der Waals surface area (Å²) in [5, 5.41) is 1.06. The lowest BCUT2D eigenvalue weighted by Crippen LogP contribution is -1.99. The molecule has 0 aliphatic rings. The van der Waals surface area contributed by atoms with Gasteiger partial charge in [0.05, 0.1) is 0 Å². The number of aromatic nitrogens is 1. The van der Waals surface area contributed by atoms with Gasteiger partial charge in [0.1, 0.15) is 12.1 Å². The van der Waals surface area contributed by atoms with Crippen molar-refractivity contribution in [2.75, 3.05) is 0 Å². The zero-order chi connectivity index (χ0) is 14.1. The molecule has 1 heterocycles. The average molecular weight is 332 g/mol. The van der Waals surface area contributed by atoms with Gasteiger partial charge in [-0.05, 0) is 41.3 Å². The molecular formula is C16H11BrFNO. The number of hydrogen-bond donors (Lipinski definition) is 0. The van der Waals surface area contributed by atoms with Crippen molar-refractivity contribution in [1.29, 1.82) is 0 Å². The number of fused-ring (bicyclic) bond motifs is 1. The first-order valence-corrected chi connectivity index (χ1v) is 6.94. The van der Waals surface area contributed by atoms with Crippen molar-refractivity contribution in [3.8, 4) is 0 Å². The van der Waals surface area contributed by atoms with Gasteiger partial charge in [0.2, 0.25) is 0 Å². The fourth-order valence-electron chi connectivity index (χ4n) is 2.31. The third-order valence-electron chi connectivity index (χ3n) is 3.21. The van der Waals surface area contributed by atoms with E-state index in [1.165, 1.54) is 12.1 Å². The predicted molar refractivity (Wildman–Crippen MR) is 80.5 cm³/mol. The predicted octanol–water partition coefficient (Wildman–Crippen LogP) is 4.40. The highest BCUT2D eigenvalue weighted by molar-refractivity contribution is 9.10. The molecule has 0 atom stereocenters. The van der Waals surface area contributed by atoms with E-state index in [2.05, 4.69) is 15.9 Å². The molecule has 0 aliphatic carbocycles. The first-order chi connectivity index (χ1) is 9.65. The van der Waals surface area contributed by atoms with Crippen LogP contribution in [0.1, 0.15) is 15.9 Å². The smallest absolute Gasteiger partial charge is 0.150 e. The highest BCUT2D eigenvalue weighted by atomic mass is 79.9. The number of halogens is 2. The Morgan fingerprint density at radius 1 is 1.15 bits per heavy atom. The molecule has 3 aromatic rings. The number of aldehydes is 1. The molecule has 0 saturated carbocycles. The second kappa shape index (κ2) is 5.21. The lowest BCUT2D eigenvalue weighted by molar-refractivity contribution is 0.112. The van der Waals surface area contributed by atoms with Crippen LogP contribution in [0.3, 0.4) is 0 Å². The van der Waals surface area contributed by atoms with E-state index in [9.17, 15) is 9.18 Å². The molecule has 0 amide bonds. The highest BCUT2D eigenvalue weighted by Gasteiger charge is 2.05. The monoisotopic (exact) mass is 331 g/mol. The Bertz CT molecular complexity index is 774. The zero-order valence-corrected chi connectivity index (χ0v) is 12.1. The van der Waals surface area contributed by atoms with Crippen LogP contribution >= 0.6 is 15.9 Å². The number of carbonyl (C=O) groups excluding carboxylic acids is 1. The Balaban J connectivity index is 2.03. The van der Waals surface area contributed by atoms with Crippen molar-refractivity contribution in [2.24, 2.45) is 0 Å². The molecule has 100 valence electrons. The quantitative estimate of drug-likeness (QED) is 0.652. The molecule has 20 heavy (non-hydrogen) atoms. The second-order valence-corrected chi connectivity index (χ2v) is 5.57. The summed E-state index contributed by atoms with van der Waals surface area (Å²) in [5.74, 6) is -0.264. The third kappa shape index (κ3) is 2.51. The van der Waals surface area contributed by atoms with E-state index in [4.69, 9.17) is 0 Å². The van der Waals surface area contributed by atoms with Crippen LogP contribution in [0.2, 0.25) is 0 Å². The van der Waals surface area contributed by atoms with Crippen LogP contribution in [0.15, 0.2) is 53.1 Å². The summed E-state index contributed by atoms with van der Waals surface area (Å²) in [6, 6.07) is 12.4. The number of benzene rings is 2. The molecule has 2 aromatic carbocycles. The number of carbonyl (C=O) groups is 1. The largest absolute Gasteiger partial charge is 0.343 e. The SMILES string of the molecule is O=Cc1ccc2ccn(Cc3cc(F)cc(Br)c3)c2c1. The Morgan fingerprint density at radius 2 is 2.00 bits per heavy atom. The summed E-state index contributed by atoms with van der Waals surface area (Å²) in [6.07, 6.45) is 2.77. The van der Waals surface area contributed by atoms with Crippen molar-refractivity contribution < 1.29 is 9.18 Å². The van der Waals surface area contributed by atoms with Crippen molar-refractivity contribution in [3.63, 3.8) is 0 Å². The van der Waals surface area contributed by atoms with Crippen molar-refractivity contribution in [3.05, 3.63) is 70.1 Å². The summed E-state index contributed by atoms with van der Waals surface area (Å²) >= 11 is 3.29. The Morgan fingerprint density at radius 3 is 2.75 bits per heavy atom. The summed E-state index contributed by atoms with van der Waals surface area (Å²) in [7, 11) is 0. The van der Waals surface area contributed by atoms with Gasteiger partial charge >= 0.3 is 0 Å². The van der Waals surface area contributed by atoms with E-state index in [0.717, 1.165) is 27.2 Å². The average Bonchev–Trinajstić information content (AvgIpc) is 2.80. The maximum Gasteiger partial charge on any atom is 0.150 e. The van der Waals surface area contributed by atoms with E-state index >= 15 is 0 Å². The van der Waals surface area contributed by atoms with Crippen LogP contribution < -0.4 is 0 Å². The maximum atomic E-state index is 13.4. The molecule has 0 fully saturated rings. The molecular weight excluding hydrogens is 321 g/mol. The van der Waals surface area contributed by atoms with Crippen molar-refractivity contribution >= 4 is 33.1 Å². The van der Waals surface area contributed by atoms with Crippen LogP contribution in [-0.4, -0.2) is 10.9 Å². The molecule has 2 nitrogen and oxygen atoms in total. The van der Waals surface area contributed by atoms with Gasteiger partial charge in [-0.15, -0.1) is 0 Å². The molecule has 0 spiro atoms. The zero-order valence-electron chi connectivity index (χ0n) is 10.5. The minimum atomic E-state index is -0.264. The molecule has 0 unspecified atom stereocenters. The number of rotatable bonds is 3. The molecule has 0 aliphatic heterocycles. The van der Waals surface area contributed by atoms with Gasteiger partial charge in [-0.25, -0.2) is 4.39 Å². The maximum absolute atomic E-state index is 13.4. The minimum absolute atomic E-state index is 0.264. The van der Waals surface area contributed by atoms with E-state index in [1.54, 1.807) is 6.07 Å². The Hall–Kier alpha value is -1.94. The summed E-state index contributed by atoms with van der Waals surface area (Å²) in [6.45, 7) is 0.558. The van der Waals surface area contributed by atoms with Gasteiger partial charge in [0.15, 0.2) is 0 Å². The molecule has 0 N–H and O–H groups in total. The van der Waals surface area contributed by atoms with E-state index < -0.39 is 0 Å². The fraction of sp³-hybridized carbons (Fsp3) is 0.0625. The van der Waals surface area contributed by atoms with Gasteiger partial charge in [-0.1, -0.05) is 28.1 Å². The van der Waals surface area contributed by atoms with Gasteiger partial charge in [-0.2, -0.15) is 0 Å². The number of nitrogens with zero attached hydrogens (tertiary/aromatic N) is 1. The molecule has 0 radical (unpaired) electrons. The van der Waals surface area contributed by atoms with Crippen LogP contribution in [0.5, 0.6) is 0 Å². The number of hydrogen-bond acceptors (Lipinski definition) is 1. The van der Waals surface area contributed by atoms with E-state index in [0.29, 0.717) is 12.1 Å². The summed E-state index contributed by atoms with van der Waals surface area (Å²) in [5.41, 5.74) is 2.47. The van der Waals surface area contributed by atoms with E-state index in [1.807, 2.05) is 35.0 Å². The normalized spacial score (nSPS) is 10.9. The highest BCUT2D eigenvalue weighted by Crippen LogP contribution is 2.20. The van der Waals surface area contributed by atoms with Crippen molar-refractivity contribution in [2.45, 2.75) is 6.54 Å². The lowest BCUT2D eigenvalue weighted by atomic mass is 10.2. The molecule has 3 rings (SSSR count). The van der Waals surface area contributed by atoms with Gasteiger partial charge < -0.3 is 4.57 Å². The first-order valence-electron chi connectivity index (χ1n) is 6.15. The first kappa shape index (κ1) is 13.1. The minimum Gasteiger partial charge on any atom is -0.343 e. The Kier molecular flexibility index (Phi) is 3.40. The third-order valence-corrected chi connectivity index (χ3v) is 3.67. The van der Waals surface area contributed by atoms with Gasteiger partial charge in [0, 0.05) is 28.3 Å². The standard InChI is InChI=1S/C16H11BrFNO/c17-14-5-12(6-15(18)8-14)9-19-4-3-13-2-1-11(10-20)7-16(13)19/h1-8,10H,9H2. The van der Waals surface area contributed by atoms with Gasteiger partial charge in [-0.3, -0.25) is 4.79 Å². The molecule has 0 bridgehead atoms. The fourth-order valence-corrected chi connectivity index (χ4v) is 2.82. The topological polar surface area (TPSA) is 22.0 Å². The second-order valence-electron chi connectivity index (χ2n) is 4.66. The molecule has 4 heteroatoms. The van der Waals surface area contributed by atoms with Gasteiger partial charge in [0.25, 0.3) is 0 Å². The lowest BCUT2D eigenvalue weighted by Gasteiger charge is -2.07. The van der Waals surface area contributed by atoms with Crippen LogP contribution in [0.4, 0.5) is 4.39 Å². The summed E-state index contributed by atoms with van der Waals surface area (Å²) < 4.78 is 16.1. The van der Waals surface area contributed by atoms with Crippen LogP contribution in [0, 0.1) is 5.82 Å². The summed E-state index contributed by atoms with van der Waals surface area (Å²) in [4.78, 5) is 10.9. The van der Waals surface area contributed by atoms with E-state index in [-0.39, 0.29) is 5.82 Å². The molecule has 1 aromatic heterocycles. The Labute approximate surface area is 124 Å².